The van der Waals surface area contributed by atoms with E-state index in [0.29, 0.717) is 11.3 Å². The van der Waals surface area contributed by atoms with Crippen molar-refractivity contribution in [2.45, 2.75) is 20.0 Å². The molecule has 0 unspecified atom stereocenters. The summed E-state index contributed by atoms with van der Waals surface area (Å²) in [4.78, 5) is 24.6. The molecule has 1 heterocycles. The van der Waals surface area contributed by atoms with Gasteiger partial charge < -0.3 is 4.74 Å². The van der Waals surface area contributed by atoms with E-state index >= 15 is 0 Å². The Kier molecular flexibility index (Phi) is 4.75. The number of ketones is 1. The van der Waals surface area contributed by atoms with E-state index in [0.717, 1.165) is 11.1 Å². The van der Waals surface area contributed by atoms with E-state index in [4.69, 9.17) is 4.74 Å². The normalized spacial score (nSPS) is 11.8. The average molecular weight is 334 g/mol. The standard InChI is InChI=1S/C20H18N2O3/c1-13-8-10-16(11-9-13)19(23)14(2)25-20(24)18-12-17(21-22-18)15-6-4-3-5-7-15/h3-12,14H,1-2H3,(H,21,22)/t14-/m0/s1. The van der Waals surface area contributed by atoms with E-state index in [-0.39, 0.29) is 11.5 Å². The van der Waals surface area contributed by atoms with Crippen LogP contribution in [0.15, 0.2) is 60.7 Å². The smallest absolute Gasteiger partial charge is 0.357 e. The molecule has 3 aromatic rings. The number of hydrogen-bond acceptors (Lipinski definition) is 4. The van der Waals surface area contributed by atoms with Crippen LogP contribution in [0.5, 0.6) is 0 Å². The Bertz CT molecular complexity index is 883. The largest absolute Gasteiger partial charge is 0.450 e. The van der Waals surface area contributed by atoms with Crippen LogP contribution in [0, 0.1) is 6.92 Å². The Morgan fingerprint density at radius 2 is 1.72 bits per heavy atom. The molecular formula is C20H18N2O3. The van der Waals surface area contributed by atoms with E-state index in [9.17, 15) is 9.59 Å². The van der Waals surface area contributed by atoms with Crippen LogP contribution in [-0.2, 0) is 4.74 Å². The topological polar surface area (TPSA) is 72.1 Å². The lowest BCUT2D eigenvalue weighted by Crippen LogP contribution is -2.24. The van der Waals surface area contributed by atoms with Gasteiger partial charge in [0.2, 0.25) is 5.78 Å². The summed E-state index contributed by atoms with van der Waals surface area (Å²) in [5.41, 5.74) is 3.32. The van der Waals surface area contributed by atoms with Gasteiger partial charge in [-0.15, -0.1) is 0 Å². The third kappa shape index (κ3) is 3.83. The Morgan fingerprint density at radius 1 is 1.04 bits per heavy atom. The molecule has 1 aromatic heterocycles. The number of esters is 1. The number of carbonyl (C=O) groups is 2. The van der Waals surface area contributed by atoms with E-state index in [1.165, 1.54) is 0 Å². The zero-order valence-electron chi connectivity index (χ0n) is 14.0. The molecule has 0 aliphatic rings. The average Bonchev–Trinajstić information content (AvgIpc) is 3.13. The maximum Gasteiger partial charge on any atom is 0.357 e. The molecule has 1 atom stereocenters. The summed E-state index contributed by atoms with van der Waals surface area (Å²) in [6, 6.07) is 18.3. The van der Waals surface area contributed by atoms with Crippen LogP contribution in [0.25, 0.3) is 11.3 Å². The van der Waals surface area contributed by atoms with Crippen molar-refractivity contribution in [2.24, 2.45) is 0 Å². The molecule has 0 radical (unpaired) electrons. The molecule has 5 nitrogen and oxygen atoms in total. The number of aromatic amines is 1. The summed E-state index contributed by atoms with van der Waals surface area (Å²) in [5, 5.41) is 6.78. The fourth-order valence-corrected chi connectivity index (χ4v) is 2.41. The van der Waals surface area contributed by atoms with Crippen LogP contribution in [-0.4, -0.2) is 28.1 Å². The number of H-pyrrole nitrogens is 1. The van der Waals surface area contributed by atoms with Crippen LogP contribution < -0.4 is 0 Å². The first-order valence-corrected chi connectivity index (χ1v) is 7.97. The number of ether oxygens (including phenoxy) is 1. The predicted molar refractivity (Wildman–Crippen MR) is 94.4 cm³/mol. The number of carbonyl (C=O) groups excluding carboxylic acids is 2. The van der Waals surface area contributed by atoms with Crippen LogP contribution in [0.4, 0.5) is 0 Å². The van der Waals surface area contributed by atoms with Crippen molar-refractivity contribution in [3.05, 3.63) is 77.5 Å². The Hall–Kier alpha value is -3.21. The molecule has 3 rings (SSSR count). The van der Waals surface area contributed by atoms with E-state index in [1.807, 2.05) is 49.4 Å². The van der Waals surface area contributed by atoms with Gasteiger partial charge in [0.15, 0.2) is 6.10 Å². The molecule has 0 aliphatic carbocycles. The second kappa shape index (κ2) is 7.13. The predicted octanol–water partition coefficient (Wildman–Crippen LogP) is 3.81. The number of Topliss-reactive ketones (excluding diaryl/α,β-unsaturated/α-hetero) is 1. The van der Waals surface area contributed by atoms with Crippen molar-refractivity contribution >= 4 is 11.8 Å². The van der Waals surface area contributed by atoms with Gasteiger partial charge in [0.05, 0.1) is 5.69 Å². The second-order valence-corrected chi connectivity index (χ2v) is 5.81. The Balaban J connectivity index is 1.68. The number of rotatable bonds is 5. The molecular weight excluding hydrogens is 316 g/mol. The number of aryl methyl sites for hydroxylation is 1. The van der Waals surface area contributed by atoms with Gasteiger partial charge in [0.1, 0.15) is 5.69 Å². The summed E-state index contributed by atoms with van der Waals surface area (Å²) in [7, 11) is 0. The van der Waals surface area contributed by atoms with Crippen LogP contribution in [0.1, 0.15) is 33.3 Å². The van der Waals surface area contributed by atoms with E-state index in [2.05, 4.69) is 10.2 Å². The van der Waals surface area contributed by atoms with Gasteiger partial charge in [-0.3, -0.25) is 9.89 Å². The summed E-state index contributed by atoms with van der Waals surface area (Å²) < 4.78 is 5.27. The molecule has 0 aliphatic heterocycles. The van der Waals surface area contributed by atoms with Gasteiger partial charge in [-0.1, -0.05) is 60.2 Å². The van der Waals surface area contributed by atoms with Crippen LogP contribution in [0.2, 0.25) is 0 Å². The number of aromatic nitrogens is 2. The summed E-state index contributed by atoms with van der Waals surface area (Å²) >= 11 is 0. The second-order valence-electron chi connectivity index (χ2n) is 5.81. The van der Waals surface area contributed by atoms with Gasteiger partial charge in [-0.25, -0.2) is 4.79 Å². The highest BCUT2D eigenvalue weighted by Crippen LogP contribution is 2.18. The van der Waals surface area contributed by atoms with Crippen molar-refractivity contribution < 1.29 is 14.3 Å². The van der Waals surface area contributed by atoms with Gasteiger partial charge in [-0.2, -0.15) is 5.10 Å². The van der Waals surface area contributed by atoms with Crippen LogP contribution in [0.3, 0.4) is 0 Å². The fourth-order valence-electron chi connectivity index (χ4n) is 2.41. The third-order valence-electron chi connectivity index (χ3n) is 3.86. The highest BCUT2D eigenvalue weighted by atomic mass is 16.5. The molecule has 0 fully saturated rings. The van der Waals surface area contributed by atoms with Gasteiger partial charge in [0, 0.05) is 11.1 Å². The Morgan fingerprint density at radius 3 is 2.40 bits per heavy atom. The van der Waals surface area contributed by atoms with Gasteiger partial charge >= 0.3 is 5.97 Å². The number of nitrogens with one attached hydrogen (secondary N) is 1. The Labute approximate surface area is 145 Å². The zero-order valence-corrected chi connectivity index (χ0v) is 14.0. The first-order chi connectivity index (χ1) is 12.0. The monoisotopic (exact) mass is 334 g/mol. The number of benzene rings is 2. The lowest BCUT2D eigenvalue weighted by molar-refractivity contribution is 0.0313. The molecule has 2 aromatic carbocycles. The zero-order chi connectivity index (χ0) is 17.8. The third-order valence-corrected chi connectivity index (χ3v) is 3.86. The minimum atomic E-state index is -0.876. The highest BCUT2D eigenvalue weighted by Gasteiger charge is 2.21. The van der Waals surface area contributed by atoms with Crippen molar-refractivity contribution in [1.29, 1.82) is 0 Å². The lowest BCUT2D eigenvalue weighted by atomic mass is 10.1. The molecule has 1 N–H and O–H groups in total. The van der Waals surface area contributed by atoms with Crippen molar-refractivity contribution in [2.75, 3.05) is 0 Å². The summed E-state index contributed by atoms with van der Waals surface area (Å²) in [5.74, 6) is -0.848. The maximum absolute atomic E-state index is 12.3. The van der Waals surface area contributed by atoms with Crippen molar-refractivity contribution in [3.63, 3.8) is 0 Å². The minimum Gasteiger partial charge on any atom is -0.450 e. The summed E-state index contributed by atoms with van der Waals surface area (Å²) in [6.45, 7) is 3.51. The minimum absolute atomic E-state index is 0.211. The van der Waals surface area contributed by atoms with Crippen molar-refractivity contribution in [3.8, 4) is 11.3 Å². The van der Waals surface area contributed by atoms with Gasteiger partial charge in [0.25, 0.3) is 0 Å². The molecule has 0 spiro atoms. The lowest BCUT2D eigenvalue weighted by Gasteiger charge is -2.11. The first-order valence-electron chi connectivity index (χ1n) is 7.97. The SMILES string of the molecule is Cc1ccc(C(=O)[C@H](C)OC(=O)c2cc(-c3ccccc3)n[nH]2)cc1. The molecule has 0 amide bonds. The van der Waals surface area contributed by atoms with Crippen LogP contribution >= 0.6 is 0 Å². The van der Waals surface area contributed by atoms with E-state index in [1.54, 1.807) is 25.1 Å². The van der Waals surface area contributed by atoms with Gasteiger partial charge in [-0.05, 0) is 19.9 Å². The molecule has 0 bridgehead atoms. The number of hydrogen-bond donors (Lipinski definition) is 1. The molecule has 25 heavy (non-hydrogen) atoms. The summed E-state index contributed by atoms with van der Waals surface area (Å²) in [6.07, 6.45) is -0.876. The highest BCUT2D eigenvalue weighted by molar-refractivity contribution is 6.01. The fraction of sp³-hybridized carbons (Fsp3) is 0.150. The molecule has 5 heteroatoms. The number of nitrogens with zero attached hydrogens (tertiary/aromatic N) is 1. The molecule has 0 saturated heterocycles. The maximum atomic E-state index is 12.3. The first kappa shape index (κ1) is 16.6. The quantitative estimate of drug-likeness (QED) is 0.569. The molecule has 0 saturated carbocycles. The van der Waals surface area contributed by atoms with E-state index < -0.39 is 12.1 Å². The van der Waals surface area contributed by atoms with Crippen molar-refractivity contribution in [1.82, 2.24) is 10.2 Å². The molecule has 126 valence electrons.